The number of piperidine rings is 1. The molecule has 1 aromatic rings. The summed E-state index contributed by atoms with van der Waals surface area (Å²) in [5.74, 6) is -1.25. The Morgan fingerprint density at radius 3 is 2.63 bits per heavy atom. The number of aliphatic hydroxyl groups is 1. The summed E-state index contributed by atoms with van der Waals surface area (Å²) in [4.78, 5) is 52.2. The van der Waals surface area contributed by atoms with E-state index in [4.69, 9.17) is 0 Å². The Balaban J connectivity index is 1.69. The fourth-order valence-electron chi connectivity index (χ4n) is 3.63. The summed E-state index contributed by atoms with van der Waals surface area (Å²) in [7, 11) is 1.30. The number of hydrogen-bond acceptors (Lipinski definition) is 7. The summed E-state index contributed by atoms with van der Waals surface area (Å²) in [6, 6.07) is 6.39. The van der Waals surface area contributed by atoms with Gasteiger partial charge in [0.1, 0.15) is 6.54 Å². The van der Waals surface area contributed by atoms with Gasteiger partial charge in [0.15, 0.2) is 0 Å². The molecule has 1 N–H and O–H groups in total. The number of rotatable bonds is 6. The highest BCUT2D eigenvalue weighted by atomic mass is 32.2. The molecule has 3 rings (SSSR count). The highest BCUT2D eigenvalue weighted by Crippen LogP contribution is 2.32. The number of amides is 3. The Labute approximate surface area is 178 Å². The van der Waals surface area contributed by atoms with E-state index in [2.05, 4.69) is 4.74 Å². The minimum Gasteiger partial charge on any atom is -0.465 e. The molecule has 1 unspecified atom stereocenters. The number of nitrogens with zero attached hydrogens (tertiary/aromatic N) is 2. The van der Waals surface area contributed by atoms with E-state index in [0.717, 1.165) is 35.9 Å². The monoisotopic (exact) mass is 432 g/mol. The van der Waals surface area contributed by atoms with Gasteiger partial charge in [-0.05, 0) is 61.2 Å². The third-order valence-electron chi connectivity index (χ3n) is 5.21. The predicted octanol–water partition coefficient (Wildman–Crippen LogP) is 2.27. The summed E-state index contributed by atoms with van der Waals surface area (Å²) in [5.41, 5.74) is 1.03. The molecule has 9 heteroatoms. The Morgan fingerprint density at radius 2 is 1.97 bits per heavy atom. The van der Waals surface area contributed by atoms with Gasteiger partial charge in [-0.3, -0.25) is 19.3 Å². The van der Waals surface area contributed by atoms with Gasteiger partial charge in [-0.25, -0.2) is 4.79 Å². The zero-order chi connectivity index (χ0) is 21.7. The quantitative estimate of drug-likeness (QED) is 0.543. The second-order valence-corrected chi connectivity index (χ2v) is 8.12. The van der Waals surface area contributed by atoms with Crippen LogP contribution < -0.4 is 0 Å². The first-order valence-electron chi connectivity index (χ1n) is 9.78. The van der Waals surface area contributed by atoms with E-state index in [9.17, 15) is 24.3 Å². The number of aliphatic hydroxyl groups excluding tert-OH is 1. The van der Waals surface area contributed by atoms with Gasteiger partial charge < -0.3 is 14.7 Å². The Bertz CT molecular complexity index is 865. The van der Waals surface area contributed by atoms with E-state index in [1.54, 1.807) is 35.2 Å². The molecule has 0 radical (unpaired) electrons. The van der Waals surface area contributed by atoms with Gasteiger partial charge in [-0.15, -0.1) is 0 Å². The van der Waals surface area contributed by atoms with Gasteiger partial charge in [0.2, 0.25) is 5.91 Å². The molecule has 2 saturated heterocycles. The number of carbonyl (C=O) groups excluding carboxylic acids is 4. The molecule has 30 heavy (non-hydrogen) atoms. The molecule has 0 spiro atoms. The lowest BCUT2D eigenvalue weighted by Crippen LogP contribution is -2.49. The Morgan fingerprint density at radius 1 is 1.23 bits per heavy atom. The highest BCUT2D eigenvalue weighted by molar-refractivity contribution is 8.18. The third-order valence-corrected chi connectivity index (χ3v) is 6.11. The Kier molecular flexibility index (Phi) is 7.28. The van der Waals surface area contributed by atoms with Crippen LogP contribution in [0.25, 0.3) is 6.08 Å². The van der Waals surface area contributed by atoms with Crippen molar-refractivity contribution in [1.29, 1.82) is 0 Å². The van der Waals surface area contributed by atoms with Crippen molar-refractivity contribution in [2.45, 2.75) is 31.7 Å². The van der Waals surface area contributed by atoms with E-state index >= 15 is 0 Å². The van der Waals surface area contributed by atoms with E-state index in [0.29, 0.717) is 24.1 Å². The van der Waals surface area contributed by atoms with Gasteiger partial charge in [0.25, 0.3) is 11.1 Å². The van der Waals surface area contributed by atoms with Gasteiger partial charge in [-0.1, -0.05) is 12.1 Å². The van der Waals surface area contributed by atoms with Gasteiger partial charge in [-0.2, -0.15) is 0 Å². The fourth-order valence-corrected chi connectivity index (χ4v) is 4.46. The van der Waals surface area contributed by atoms with Crippen LogP contribution in [0.15, 0.2) is 29.2 Å². The summed E-state index contributed by atoms with van der Waals surface area (Å²) in [6.07, 6.45) is 4.74. The van der Waals surface area contributed by atoms with E-state index in [1.807, 2.05) is 0 Å². The number of carbonyl (C=O) groups is 4. The normalized spacial score (nSPS) is 20.7. The van der Waals surface area contributed by atoms with Crippen LogP contribution in [0.5, 0.6) is 0 Å². The number of methoxy groups -OCH3 is 1. The molecule has 1 aromatic carbocycles. The van der Waals surface area contributed by atoms with E-state index in [1.165, 1.54) is 7.11 Å². The molecule has 0 aromatic heterocycles. The molecule has 160 valence electrons. The molecular weight excluding hydrogens is 408 g/mol. The standard InChI is InChI=1S/C21H24N2O6S/c1-29-20(27)15-7-5-14(6-8-15)12-17-19(26)23(21(28)30-17)13-18(25)22-10-3-2-4-16(22)9-11-24/h5-8,12,16,24H,2-4,9-11,13H2,1H3. The van der Waals surface area contributed by atoms with Crippen molar-refractivity contribution in [3.63, 3.8) is 0 Å². The maximum Gasteiger partial charge on any atom is 0.337 e. The fraction of sp³-hybridized carbons (Fsp3) is 0.429. The van der Waals surface area contributed by atoms with Crippen LogP contribution in [0, 0.1) is 0 Å². The smallest absolute Gasteiger partial charge is 0.337 e. The summed E-state index contributed by atoms with van der Waals surface area (Å²) in [5, 5.41) is 8.75. The lowest BCUT2D eigenvalue weighted by Gasteiger charge is -2.36. The maximum absolute atomic E-state index is 12.8. The minimum absolute atomic E-state index is 0.00642. The van der Waals surface area contributed by atoms with Crippen LogP contribution in [-0.2, 0) is 14.3 Å². The van der Waals surface area contributed by atoms with Crippen molar-refractivity contribution in [2.24, 2.45) is 0 Å². The van der Waals surface area contributed by atoms with Crippen LogP contribution >= 0.6 is 11.8 Å². The second-order valence-electron chi connectivity index (χ2n) is 7.13. The third kappa shape index (κ3) is 4.91. The van der Waals surface area contributed by atoms with Crippen LogP contribution in [0.2, 0.25) is 0 Å². The minimum atomic E-state index is -0.508. The first-order valence-corrected chi connectivity index (χ1v) is 10.6. The number of ether oxygens (including phenoxy) is 1. The molecule has 8 nitrogen and oxygen atoms in total. The van der Waals surface area contributed by atoms with Crippen molar-refractivity contribution < 1.29 is 29.0 Å². The van der Waals surface area contributed by atoms with Crippen molar-refractivity contribution in [3.05, 3.63) is 40.3 Å². The molecule has 2 fully saturated rings. The van der Waals surface area contributed by atoms with Crippen LogP contribution in [0.1, 0.15) is 41.6 Å². The van der Waals surface area contributed by atoms with E-state index in [-0.39, 0.29) is 30.0 Å². The summed E-state index contributed by atoms with van der Waals surface area (Å²) >= 11 is 0.788. The highest BCUT2D eigenvalue weighted by Gasteiger charge is 2.38. The maximum atomic E-state index is 12.8. The lowest BCUT2D eigenvalue weighted by molar-refractivity contribution is -0.139. The molecule has 2 aliphatic heterocycles. The number of thioether (sulfide) groups is 1. The predicted molar refractivity (Wildman–Crippen MR) is 112 cm³/mol. The molecule has 0 bridgehead atoms. The van der Waals surface area contributed by atoms with E-state index < -0.39 is 17.1 Å². The second kappa shape index (κ2) is 9.90. The zero-order valence-corrected chi connectivity index (χ0v) is 17.5. The van der Waals surface area contributed by atoms with Gasteiger partial charge in [0, 0.05) is 19.2 Å². The number of hydrogen-bond donors (Lipinski definition) is 1. The topological polar surface area (TPSA) is 104 Å². The molecule has 0 saturated carbocycles. The molecule has 1 atom stereocenters. The molecule has 2 aliphatic rings. The van der Waals surface area contributed by atoms with Gasteiger partial charge in [0.05, 0.1) is 17.6 Å². The average Bonchev–Trinajstić information content (AvgIpc) is 3.01. The SMILES string of the molecule is COC(=O)c1ccc(C=C2SC(=O)N(CC(=O)N3CCCCC3CCO)C2=O)cc1. The van der Waals surface area contributed by atoms with Crippen molar-refractivity contribution in [3.8, 4) is 0 Å². The molecular formula is C21H24N2O6S. The van der Waals surface area contributed by atoms with Crippen molar-refractivity contribution >= 4 is 40.9 Å². The number of esters is 1. The average molecular weight is 432 g/mol. The molecule has 3 amide bonds. The zero-order valence-electron chi connectivity index (χ0n) is 16.7. The number of imide groups is 1. The lowest BCUT2D eigenvalue weighted by atomic mass is 9.99. The van der Waals surface area contributed by atoms with Crippen molar-refractivity contribution in [2.75, 3.05) is 26.8 Å². The summed E-state index contributed by atoms with van der Waals surface area (Å²) < 4.78 is 4.65. The largest absolute Gasteiger partial charge is 0.465 e. The number of benzene rings is 1. The van der Waals surface area contributed by atoms with Crippen LogP contribution in [0.3, 0.4) is 0 Å². The first-order chi connectivity index (χ1) is 14.4. The summed E-state index contributed by atoms with van der Waals surface area (Å²) in [6.45, 7) is 0.265. The first kappa shape index (κ1) is 22.0. The van der Waals surface area contributed by atoms with Gasteiger partial charge >= 0.3 is 5.97 Å². The molecule has 2 heterocycles. The van der Waals surface area contributed by atoms with Crippen LogP contribution in [0.4, 0.5) is 4.79 Å². The number of likely N-dealkylation sites (tertiary alicyclic amines) is 1. The molecule has 0 aliphatic carbocycles. The Hall–Kier alpha value is -2.65. The van der Waals surface area contributed by atoms with Crippen molar-refractivity contribution in [1.82, 2.24) is 9.80 Å². The van der Waals surface area contributed by atoms with Crippen LogP contribution in [-0.4, -0.2) is 70.8 Å².